The molecule has 0 radical (unpaired) electrons. The van der Waals surface area contributed by atoms with Crippen LogP contribution in [0.25, 0.3) is 0 Å². The molecule has 0 aliphatic carbocycles. The van der Waals surface area contributed by atoms with Crippen LogP contribution in [0.3, 0.4) is 0 Å². The Labute approximate surface area is 179 Å². The number of carbonyl (C=O) groups is 2. The predicted octanol–water partition coefficient (Wildman–Crippen LogP) is 5.16. The molecule has 0 saturated carbocycles. The lowest BCUT2D eigenvalue weighted by Crippen LogP contribution is -2.13. The van der Waals surface area contributed by atoms with E-state index in [0.717, 1.165) is 11.1 Å². The SMILES string of the molecule is COC(=O)CC(CC(=O)c1cc(Cl)cc(Cn2ccnc2)c1)c1cccc(Cl)c1. The average Bonchev–Trinajstić information content (AvgIpc) is 3.19. The molecule has 0 fully saturated rings. The van der Waals surface area contributed by atoms with Gasteiger partial charge in [-0.3, -0.25) is 9.59 Å². The molecule has 1 unspecified atom stereocenters. The molecule has 0 N–H and O–H groups in total. The van der Waals surface area contributed by atoms with Gasteiger partial charge in [-0.15, -0.1) is 0 Å². The van der Waals surface area contributed by atoms with Gasteiger partial charge in [-0.05, 0) is 41.5 Å². The van der Waals surface area contributed by atoms with Crippen LogP contribution < -0.4 is 0 Å². The van der Waals surface area contributed by atoms with Crippen molar-refractivity contribution in [3.63, 3.8) is 0 Å². The van der Waals surface area contributed by atoms with E-state index < -0.39 is 0 Å². The second kappa shape index (κ2) is 9.72. The van der Waals surface area contributed by atoms with Crippen molar-refractivity contribution in [2.45, 2.75) is 25.3 Å². The van der Waals surface area contributed by atoms with Crippen LogP contribution in [0.1, 0.15) is 40.2 Å². The molecule has 0 aliphatic heterocycles. The number of carbonyl (C=O) groups excluding carboxylic acids is 2. The number of ether oxygens (including phenoxy) is 1. The number of rotatable bonds is 8. The molecule has 2 aromatic carbocycles. The number of halogens is 2. The fourth-order valence-electron chi connectivity index (χ4n) is 3.19. The number of esters is 1. The number of nitrogens with zero attached hydrogens (tertiary/aromatic N) is 2. The Bertz CT molecular complexity index is 1000. The van der Waals surface area contributed by atoms with E-state index in [1.54, 1.807) is 36.8 Å². The summed E-state index contributed by atoms with van der Waals surface area (Å²) < 4.78 is 6.70. The smallest absolute Gasteiger partial charge is 0.306 e. The number of methoxy groups -OCH3 is 1. The van der Waals surface area contributed by atoms with Crippen molar-refractivity contribution < 1.29 is 14.3 Å². The van der Waals surface area contributed by atoms with Gasteiger partial charge in [-0.25, -0.2) is 4.98 Å². The van der Waals surface area contributed by atoms with Crippen LogP contribution in [0.2, 0.25) is 10.0 Å². The first-order valence-electron chi connectivity index (χ1n) is 9.05. The van der Waals surface area contributed by atoms with Crippen molar-refractivity contribution in [1.29, 1.82) is 0 Å². The quantitative estimate of drug-likeness (QED) is 0.365. The molecule has 29 heavy (non-hydrogen) atoms. The van der Waals surface area contributed by atoms with Gasteiger partial charge in [0.05, 0.1) is 19.9 Å². The van der Waals surface area contributed by atoms with Crippen molar-refractivity contribution in [2.24, 2.45) is 0 Å². The summed E-state index contributed by atoms with van der Waals surface area (Å²) in [4.78, 5) is 28.9. The maximum Gasteiger partial charge on any atom is 0.306 e. The third-order valence-electron chi connectivity index (χ3n) is 4.60. The zero-order valence-electron chi connectivity index (χ0n) is 15.8. The summed E-state index contributed by atoms with van der Waals surface area (Å²) in [6, 6.07) is 12.5. The molecule has 150 valence electrons. The maximum absolute atomic E-state index is 13.0. The van der Waals surface area contributed by atoms with Crippen molar-refractivity contribution in [3.05, 3.63) is 87.9 Å². The van der Waals surface area contributed by atoms with Gasteiger partial charge in [0.25, 0.3) is 0 Å². The van der Waals surface area contributed by atoms with Crippen LogP contribution in [-0.2, 0) is 16.1 Å². The van der Waals surface area contributed by atoms with E-state index in [1.807, 2.05) is 29.0 Å². The van der Waals surface area contributed by atoms with Gasteiger partial charge in [0.2, 0.25) is 0 Å². The fraction of sp³-hybridized carbons (Fsp3) is 0.227. The Balaban J connectivity index is 1.83. The summed E-state index contributed by atoms with van der Waals surface area (Å²) in [5.41, 5.74) is 2.22. The largest absolute Gasteiger partial charge is 0.469 e. The molecule has 1 atom stereocenters. The summed E-state index contributed by atoms with van der Waals surface area (Å²) in [6.07, 6.45) is 5.46. The highest BCUT2D eigenvalue weighted by Crippen LogP contribution is 2.29. The second-order valence-electron chi connectivity index (χ2n) is 6.74. The molecule has 3 aromatic rings. The van der Waals surface area contributed by atoms with Crippen LogP contribution in [0.4, 0.5) is 0 Å². The zero-order chi connectivity index (χ0) is 20.8. The minimum atomic E-state index is -0.380. The fourth-order valence-corrected chi connectivity index (χ4v) is 3.64. The van der Waals surface area contributed by atoms with E-state index in [2.05, 4.69) is 4.98 Å². The first-order chi connectivity index (χ1) is 13.9. The van der Waals surface area contributed by atoms with Crippen LogP contribution in [0, 0.1) is 0 Å². The third-order valence-corrected chi connectivity index (χ3v) is 5.05. The number of hydrogen-bond acceptors (Lipinski definition) is 4. The Kier molecular flexibility index (Phi) is 7.07. The molecule has 5 nitrogen and oxygen atoms in total. The minimum Gasteiger partial charge on any atom is -0.469 e. The lowest BCUT2D eigenvalue weighted by molar-refractivity contribution is -0.141. The van der Waals surface area contributed by atoms with Gasteiger partial charge < -0.3 is 9.30 Å². The molecule has 7 heteroatoms. The Morgan fingerprint density at radius 2 is 1.93 bits per heavy atom. The normalized spacial score (nSPS) is 11.8. The first kappa shape index (κ1) is 21.1. The van der Waals surface area contributed by atoms with Gasteiger partial charge >= 0.3 is 5.97 Å². The number of aromatic nitrogens is 2. The van der Waals surface area contributed by atoms with Gasteiger partial charge in [0.1, 0.15) is 0 Å². The lowest BCUT2D eigenvalue weighted by Gasteiger charge is -2.16. The standard InChI is InChI=1S/C22H20Cl2N2O3/c1-29-22(28)12-17(16-3-2-4-19(23)9-16)11-21(27)18-7-15(8-20(24)10-18)13-26-6-5-25-14-26/h2-10,14,17H,11-13H2,1H3. The molecule has 3 rings (SSSR count). The molecule has 1 heterocycles. The van der Waals surface area contributed by atoms with Crippen molar-refractivity contribution in [1.82, 2.24) is 9.55 Å². The maximum atomic E-state index is 13.0. The molecular weight excluding hydrogens is 411 g/mol. The molecule has 0 spiro atoms. The zero-order valence-corrected chi connectivity index (χ0v) is 17.4. The van der Waals surface area contributed by atoms with E-state index in [4.69, 9.17) is 27.9 Å². The van der Waals surface area contributed by atoms with Gasteiger partial charge in [-0.2, -0.15) is 0 Å². The number of Topliss-reactive ketones (excluding diaryl/α,β-unsaturated/α-hetero) is 1. The van der Waals surface area contributed by atoms with E-state index >= 15 is 0 Å². The first-order valence-corrected chi connectivity index (χ1v) is 9.81. The summed E-state index contributed by atoms with van der Waals surface area (Å²) in [6.45, 7) is 0.556. The monoisotopic (exact) mass is 430 g/mol. The Morgan fingerprint density at radius 3 is 2.62 bits per heavy atom. The lowest BCUT2D eigenvalue weighted by atomic mass is 9.88. The predicted molar refractivity (Wildman–Crippen MR) is 113 cm³/mol. The van der Waals surface area contributed by atoms with Crippen LogP contribution in [-0.4, -0.2) is 28.4 Å². The third kappa shape index (κ3) is 5.92. The molecular formula is C22H20Cl2N2O3. The van der Waals surface area contributed by atoms with E-state index in [9.17, 15) is 9.59 Å². The summed E-state index contributed by atoms with van der Waals surface area (Å²) >= 11 is 12.3. The van der Waals surface area contributed by atoms with E-state index in [1.165, 1.54) is 7.11 Å². The highest BCUT2D eigenvalue weighted by atomic mass is 35.5. The number of ketones is 1. The topological polar surface area (TPSA) is 61.2 Å². The molecule has 0 aliphatic rings. The second-order valence-corrected chi connectivity index (χ2v) is 7.62. The highest BCUT2D eigenvalue weighted by Gasteiger charge is 2.22. The van der Waals surface area contributed by atoms with Crippen LogP contribution in [0.15, 0.2) is 61.2 Å². The van der Waals surface area contributed by atoms with Gasteiger partial charge in [-0.1, -0.05) is 35.3 Å². The molecule has 1 aromatic heterocycles. The molecule has 0 bridgehead atoms. The van der Waals surface area contributed by atoms with Crippen molar-refractivity contribution >= 4 is 35.0 Å². The van der Waals surface area contributed by atoms with Crippen LogP contribution >= 0.6 is 23.2 Å². The van der Waals surface area contributed by atoms with Crippen molar-refractivity contribution in [2.75, 3.05) is 7.11 Å². The molecule has 0 amide bonds. The van der Waals surface area contributed by atoms with Crippen LogP contribution in [0.5, 0.6) is 0 Å². The molecule has 0 saturated heterocycles. The van der Waals surface area contributed by atoms with Gasteiger partial charge in [0.15, 0.2) is 5.78 Å². The average molecular weight is 431 g/mol. The van der Waals surface area contributed by atoms with Crippen molar-refractivity contribution in [3.8, 4) is 0 Å². The van der Waals surface area contributed by atoms with E-state index in [-0.39, 0.29) is 30.5 Å². The van der Waals surface area contributed by atoms with Gasteiger partial charge in [0, 0.05) is 46.9 Å². The summed E-state index contributed by atoms with van der Waals surface area (Å²) in [7, 11) is 1.33. The number of benzene rings is 2. The summed E-state index contributed by atoms with van der Waals surface area (Å²) in [5.74, 6) is -0.826. The number of hydrogen-bond donors (Lipinski definition) is 0. The highest BCUT2D eigenvalue weighted by molar-refractivity contribution is 6.31. The van der Waals surface area contributed by atoms with E-state index in [0.29, 0.717) is 22.2 Å². The summed E-state index contributed by atoms with van der Waals surface area (Å²) in [5, 5.41) is 1.04. The Morgan fingerprint density at radius 1 is 1.10 bits per heavy atom. The number of imidazole rings is 1. The Hall–Kier alpha value is -2.63. The minimum absolute atomic E-state index is 0.0883.